The van der Waals surface area contributed by atoms with Gasteiger partial charge in [0.2, 0.25) is 10.0 Å². The number of nitrogens with zero attached hydrogens (tertiary/aromatic N) is 1. The fourth-order valence-electron chi connectivity index (χ4n) is 2.57. The van der Waals surface area contributed by atoms with Crippen LogP contribution in [0.3, 0.4) is 0 Å². The predicted octanol–water partition coefficient (Wildman–Crippen LogP) is 3.54. The molecule has 1 N–H and O–H groups in total. The van der Waals surface area contributed by atoms with Gasteiger partial charge in [0.15, 0.2) is 0 Å². The van der Waals surface area contributed by atoms with Gasteiger partial charge >= 0.3 is 0 Å². The van der Waals surface area contributed by atoms with Gasteiger partial charge < -0.3 is 5.11 Å². The van der Waals surface area contributed by atoms with Crippen molar-refractivity contribution in [1.82, 2.24) is 4.31 Å². The quantitative estimate of drug-likeness (QED) is 0.816. The van der Waals surface area contributed by atoms with Crippen LogP contribution in [0, 0.1) is 5.92 Å². The molecule has 0 saturated carbocycles. The van der Waals surface area contributed by atoms with Crippen molar-refractivity contribution in [2.75, 3.05) is 19.7 Å². The van der Waals surface area contributed by atoms with Crippen molar-refractivity contribution < 1.29 is 13.5 Å². The van der Waals surface area contributed by atoms with Crippen molar-refractivity contribution in [1.29, 1.82) is 0 Å². The fraction of sp³-hybridized carbons (Fsp3) is 0.538. The van der Waals surface area contributed by atoms with Crippen molar-refractivity contribution in [3.05, 3.63) is 26.7 Å². The first-order chi connectivity index (χ1) is 9.86. The molecule has 1 heterocycles. The monoisotopic (exact) mass is 415 g/mol. The largest absolute Gasteiger partial charge is 0.396 e. The molecular formula is C13H16BrCl2NO3S. The van der Waals surface area contributed by atoms with Crippen LogP contribution in [0.4, 0.5) is 0 Å². The lowest BCUT2D eigenvalue weighted by molar-refractivity contribution is 0.203. The molecule has 0 aromatic heterocycles. The number of aliphatic hydroxyl groups is 1. The number of sulfonamides is 1. The van der Waals surface area contributed by atoms with E-state index in [1.165, 1.54) is 16.4 Å². The highest BCUT2D eigenvalue weighted by molar-refractivity contribution is 9.10. The smallest absolute Gasteiger partial charge is 0.246 e. The van der Waals surface area contributed by atoms with Crippen LogP contribution < -0.4 is 0 Å². The Bertz CT molecular complexity index is 599. The summed E-state index contributed by atoms with van der Waals surface area (Å²) in [5.41, 5.74) is 0. The van der Waals surface area contributed by atoms with Gasteiger partial charge in [-0.25, -0.2) is 8.42 Å². The van der Waals surface area contributed by atoms with Crippen LogP contribution in [-0.4, -0.2) is 37.5 Å². The summed E-state index contributed by atoms with van der Waals surface area (Å²) in [5.74, 6) is 0.173. The molecule has 0 radical (unpaired) electrons. The van der Waals surface area contributed by atoms with Crippen LogP contribution in [0.2, 0.25) is 10.0 Å². The zero-order valence-corrected chi connectivity index (χ0v) is 15.1. The second kappa shape index (κ2) is 7.15. The highest BCUT2D eigenvalue weighted by Gasteiger charge is 2.33. The molecule has 1 aliphatic rings. The lowest BCUT2D eigenvalue weighted by Gasteiger charge is -2.32. The van der Waals surface area contributed by atoms with Gasteiger partial charge in [-0.2, -0.15) is 4.31 Å². The number of halogens is 3. The third-order valence-corrected chi connectivity index (χ3v) is 6.83. The minimum absolute atomic E-state index is 0.0429. The molecule has 2 rings (SSSR count). The van der Waals surface area contributed by atoms with E-state index in [-0.39, 0.29) is 27.5 Å². The number of aliphatic hydroxyl groups excluding tert-OH is 1. The highest BCUT2D eigenvalue weighted by Crippen LogP contribution is 2.36. The van der Waals surface area contributed by atoms with Gasteiger partial charge in [-0.15, -0.1) is 0 Å². The molecule has 1 atom stereocenters. The molecule has 1 saturated heterocycles. The maximum atomic E-state index is 12.8. The molecule has 4 nitrogen and oxygen atoms in total. The van der Waals surface area contributed by atoms with E-state index < -0.39 is 10.0 Å². The normalized spacial score (nSPS) is 20.7. The van der Waals surface area contributed by atoms with Gasteiger partial charge in [0, 0.05) is 24.2 Å². The van der Waals surface area contributed by atoms with Crippen molar-refractivity contribution in [3.63, 3.8) is 0 Å². The van der Waals surface area contributed by atoms with Crippen molar-refractivity contribution in [2.45, 2.75) is 24.2 Å². The highest BCUT2D eigenvalue weighted by atomic mass is 79.9. The molecule has 0 bridgehead atoms. The van der Waals surface area contributed by atoms with Crippen LogP contribution in [0.25, 0.3) is 0 Å². The minimum Gasteiger partial charge on any atom is -0.396 e. The zero-order valence-electron chi connectivity index (χ0n) is 11.2. The second-order valence-corrected chi connectivity index (χ2v) is 8.69. The molecule has 1 aliphatic heterocycles. The van der Waals surface area contributed by atoms with Gasteiger partial charge in [0.05, 0.1) is 10.0 Å². The number of piperidine rings is 1. The SMILES string of the molecule is O=S(=O)(c1c(Cl)cc(Br)cc1Cl)N1CCCC(CCO)C1. The molecule has 1 fully saturated rings. The average molecular weight is 417 g/mol. The first kappa shape index (κ1) is 17.5. The Kier molecular flexibility index (Phi) is 5.96. The van der Waals surface area contributed by atoms with E-state index in [1.54, 1.807) is 0 Å². The van der Waals surface area contributed by atoms with Crippen molar-refractivity contribution >= 4 is 49.2 Å². The van der Waals surface area contributed by atoms with E-state index in [4.69, 9.17) is 28.3 Å². The lowest BCUT2D eigenvalue weighted by Crippen LogP contribution is -2.40. The maximum absolute atomic E-state index is 12.8. The van der Waals surface area contributed by atoms with E-state index in [0.29, 0.717) is 24.0 Å². The molecule has 0 amide bonds. The van der Waals surface area contributed by atoms with Crippen LogP contribution >= 0.6 is 39.1 Å². The van der Waals surface area contributed by atoms with Gasteiger partial charge in [0.1, 0.15) is 4.90 Å². The fourth-order valence-corrected chi connectivity index (χ4v) is 6.01. The summed E-state index contributed by atoms with van der Waals surface area (Å²) in [6.07, 6.45) is 2.30. The molecule has 21 heavy (non-hydrogen) atoms. The Morgan fingerprint density at radius 3 is 2.52 bits per heavy atom. The maximum Gasteiger partial charge on any atom is 0.246 e. The van der Waals surface area contributed by atoms with Gasteiger partial charge in [-0.1, -0.05) is 39.1 Å². The summed E-state index contributed by atoms with van der Waals surface area (Å²) in [7, 11) is -3.72. The molecule has 0 aliphatic carbocycles. The van der Waals surface area contributed by atoms with Crippen molar-refractivity contribution in [2.24, 2.45) is 5.92 Å². The Morgan fingerprint density at radius 1 is 1.33 bits per heavy atom. The third kappa shape index (κ3) is 3.92. The Morgan fingerprint density at radius 2 is 1.95 bits per heavy atom. The summed E-state index contributed by atoms with van der Waals surface area (Å²) in [6.45, 7) is 0.914. The Balaban J connectivity index is 2.34. The van der Waals surface area contributed by atoms with Crippen LogP contribution in [0.5, 0.6) is 0 Å². The minimum atomic E-state index is -3.72. The first-order valence-electron chi connectivity index (χ1n) is 6.62. The van der Waals surface area contributed by atoms with E-state index in [9.17, 15) is 8.42 Å². The van der Waals surface area contributed by atoms with Crippen molar-refractivity contribution in [3.8, 4) is 0 Å². The summed E-state index contributed by atoms with van der Waals surface area (Å²) < 4.78 is 27.6. The molecule has 1 aromatic rings. The van der Waals surface area contributed by atoms with Gasteiger partial charge in [-0.05, 0) is 37.3 Å². The molecule has 1 aromatic carbocycles. The second-order valence-electron chi connectivity index (χ2n) is 5.08. The molecule has 118 valence electrons. The van der Waals surface area contributed by atoms with E-state index in [1.807, 2.05) is 0 Å². The first-order valence-corrected chi connectivity index (χ1v) is 9.60. The summed E-state index contributed by atoms with van der Waals surface area (Å²) in [4.78, 5) is -0.0429. The lowest BCUT2D eigenvalue weighted by atomic mass is 9.97. The number of hydrogen-bond donors (Lipinski definition) is 1. The molecular weight excluding hydrogens is 401 g/mol. The number of rotatable bonds is 4. The van der Waals surface area contributed by atoms with E-state index >= 15 is 0 Å². The number of benzene rings is 1. The molecule has 1 unspecified atom stereocenters. The summed E-state index contributed by atoms with van der Waals surface area (Å²) >= 11 is 15.4. The summed E-state index contributed by atoms with van der Waals surface area (Å²) in [5, 5.41) is 9.25. The Hall–Kier alpha value is 0.150. The summed E-state index contributed by atoms with van der Waals surface area (Å²) in [6, 6.07) is 3.05. The molecule has 0 spiro atoms. The number of hydrogen-bond acceptors (Lipinski definition) is 3. The predicted molar refractivity (Wildman–Crippen MR) is 87.3 cm³/mol. The van der Waals surface area contributed by atoms with E-state index in [2.05, 4.69) is 15.9 Å². The van der Waals surface area contributed by atoms with E-state index in [0.717, 1.165) is 12.8 Å². The topological polar surface area (TPSA) is 57.6 Å². The third-order valence-electron chi connectivity index (χ3n) is 3.58. The van der Waals surface area contributed by atoms with Gasteiger partial charge in [-0.3, -0.25) is 0 Å². The zero-order chi connectivity index (χ0) is 15.6. The van der Waals surface area contributed by atoms with Crippen LogP contribution in [-0.2, 0) is 10.0 Å². The Labute approximate surface area is 143 Å². The van der Waals surface area contributed by atoms with Crippen LogP contribution in [0.15, 0.2) is 21.5 Å². The average Bonchev–Trinajstić information content (AvgIpc) is 2.37. The molecule has 8 heteroatoms. The van der Waals surface area contributed by atoms with Gasteiger partial charge in [0.25, 0.3) is 0 Å². The standard InChI is InChI=1S/C13H16BrCl2NO3S/c14-10-6-11(15)13(12(16)7-10)21(19,20)17-4-1-2-9(8-17)3-5-18/h6-7,9,18H,1-5,8H2. The van der Waals surface area contributed by atoms with Crippen LogP contribution in [0.1, 0.15) is 19.3 Å².